The van der Waals surface area contributed by atoms with Gasteiger partial charge in [-0.2, -0.15) is 10.2 Å². The number of rotatable bonds is 5. The number of carbonyl (C=O) groups excluding carboxylic acids is 1. The molecule has 0 fully saturated rings. The Balaban J connectivity index is 2.61. The molecule has 1 amide bonds. The van der Waals surface area contributed by atoms with E-state index < -0.39 is 0 Å². The van der Waals surface area contributed by atoms with Gasteiger partial charge in [-0.15, -0.1) is 0 Å². The minimum absolute atomic E-state index is 0.0932. The van der Waals surface area contributed by atoms with Crippen LogP contribution in [0.2, 0.25) is 0 Å². The molecule has 0 radical (unpaired) electrons. The van der Waals surface area contributed by atoms with Crippen molar-refractivity contribution in [3.05, 3.63) is 23.0 Å². The van der Waals surface area contributed by atoms with E-state index in [4.69, 9.17) is 5.73 Å². The number of amides is 1. The Hall–Kier alpha value is -1.49. The molecule has 1 aromatic heterocycles. The number of hydrogen-bond donors (Lipinski definition) is 2. The fraction of sp³-hybridized carbons (Fsp3) is 0.583. The smallest absolute Gasteiger partial charge is 0.253 e. The van der Waals surface area contributed by atoms with E-state index >= 15 is 0 Å². The molecule has 0 aliphatic rings. The quantitative estimate of drug-likeness (QED) is 0.792. The third kappa shape index (κ3) is 4.11. The molecular formula is C12H20N4O. The zero-order chi connectivity index (χ0) is 12.8. The van der Waals surface area contributed by atoms with E-state index in [0.29, 0.717) is 30.3 Å². The van der Waals surface area contributed by atoms with Crippen molar-refractivity contribution >= 4 is 5.91 Å². The van der Waals surface area contributed by atoms with E-state index in [2.05, 4.69) is 22.4 Å². The predicted molar refractivity (Wildman–Crippen MR) is 66.7 cm³/mol. The maximum atomic E-state index is 11.9. The van der Waals surface area contributed by atoms with Crippen LogP contribution in [0.25, 0.3) is 0 Å². The molecule has 1 aromatic rings. The van der Waals surface area contributed by atoms with Crippen LogP contribution in [-0.4, -0.2) is 29.2 Å². The van der Waals surface area contributed by atoms with Gasteiger partial charge in [0.05, 0.1) is 17.0 Å². The molecular weight excluding hydrogens is 216 g/mol. The van der Waals surface area contributed by atoms with Crippen molar-refractivity contribution < 1.29 is 4.79 Å². The van der Waals surface area contributed by atoms with Crippen LogP contribution < -0.4 is 11.1 Å². The second-order valence-electron chi connectivity index (χ2n) is 4.38. The van der Waals surface area contributed by atoms with Gasteiger partial charge in [0.15, 0.2) is 0 Å². The zero-order valence-electron chi connectivity index (χ0n) is 10.7. The first-order valence-electron chi connectivity index (χ1n) is 5.83. The Labute approximate surface area is 102 Å². The third-order valence-corrected chi connectivity index (χ3v) is 2.62. The van der Waals surface area contributed by atoms with Crippen LogP contribution in [0.3, 0.4) is 0 Å². The summed E-state index contributed by atoms with van der Waals surface area (Å²) in [4.78, 5) is 11.9. The van der Waals surface area contributed by atoms with Gasteiger partial charge in [-0.3, -0.25) is 4.79 Å². The second-order valence-corrected chi connectivity index (χ2v) is 4.38. The van der Waals surface area contributed by atoms with Gasteiger partial charge in [-0.1, -0.05) is 6.92 Å². The predicted octanol–water partition coefficient (Wildman–Crippen LogP) is 0.808. The maximum Gasteiger partial charge on any atom is 0.253 e. The van der Waals surface area contributed by atoms with Crippen LogP contribution in [0.1, 0.15) is 35.1 Å². The van der Waals surface area contributed by atoms with Gasteiger partial charge in [0.1, 0.15) is 0 Å². The fourth-order valence-electron chi connectivity index (χ4n) is 1.53. The molecule has 0 spiro atoms. The summed E-state index contributed by atoms with van der Waals surface area (Å²) in [7, 11) is 0. The molecule has 0 bridgehead atoms. The third-order valence-electron chi connectivity index (χ3n) is 2.62. The second kappa shape index (κ2) is 6.30. The normalized spacial score (nSPS) is 12.2. The number of nitrogens with zero attached hydrogens (tertiary/aromatic N) is 2. The molecule has 1 unspecified atom stereocenters. The van der Waals surface area contributed by atoms with Gasteiger partial charge in [0, 0.05) is 6.54 Å². The SMILES string of the molecule is Cc1cc(C(=O)NCC(C)CCN)c(C)nn1. The van der Waals surface area contributed by atoms with Crippen LogP contribution in [-0.2, 0) is 0 Å². The van der Waals surface area contributed by atoms with Gasteiger partial charge in [-0.25, -0.2) is 0 Å². The van der Waals surface area contributed by atoms with Crippen LogP contribution in [0.4, 0.5) is 0 Å². The van der Waals surface area contributed by atoms with Crippen molar-refractivity contribution in [2.24, 2.45) is 11.7 Å². The Bertz CT molecular complexity index is 392. The minimum atomic E-state index is -0.0932. The average molecular weight is 236 g/mol. The molecule has 1 atom stereocenters. The maximum absolute atomic E-state index is 11.9. The standard InChI is InChI=1S/C12H20N4O/c1-8(4-5-13)7-14-12(17)11-6-9(2)15-16-10(11)3/h6,8H,4-5,7,13H2,1-3H3,(H,14,17). The van der Waals surface area contributed by atoms with E-state index in [1.54, 1.807) is 13.0 Å². The lowest BCUT2D eigenvalue weighted by Crippen LogP contribution is -2.30. The molecule has 1 heterocycles. The van der Waals surface area contributed by atoms with Gasteiger partial charge < -0.3 is 11.1 Å². The molecule has 0 aromatic carbocycles. The monoisotopic (exact) mass is 236 g/mol. The first kappa shape index (κ1) is 13.6. The van der Waals surface area contributed by atoms with Crippen LogP contribution in [0.15, 0.2) is 6.07 Å². The number of hydrogen-bond acceptors (Lipinski definition) is 4. The summed E-state index contributed by atoms with van der Waals surface area (Å²) < 4.78 is 0. The number of aromatic nitrogens is 2. The number of carbonyl (C=O) groups is 1. The summed E-state index contributed by atoms with van der Waals surface area (Å²) in [6, 6.07) is 1.76. The van der Waals surface area contributed by atoms with Crippen LogP contribution in [0, 0.1) is 19.8 Å². The molecule has 0 saturated heterocycles. The van der Waals surface area contributed by atoms with Crippen molar-refractivity contribution in [2.45, 2.75) is 27.2 Å². The van der Waals surface area contributed by atoms with Gasteiger partial charge in [0.2, 0.25) is 0 Å². The summed E-state index contributed by atoms with van der Waals surface area (Å²) >= 11 is 0. The lowest BCUT2D eigenvalue weighted by molar-refractivity contribution is 0.0946. The molecule has 1 rings (SSSR count). The van der Waals surface area contributed by atoms with E-state index in [9.17, 15) is 4.79 Å². The molecule has 0 aliphatic carbocycles. The van der Waals surface area contributed by atoms with Crippen molar-refractivity contribution in [3.63, 3.8) is 0 Å². The van der Waals surface area contributed by atoms with Gasteiger partial charge in [0.25, 0.3) is 5.91 Å². The first-order valence-corrected chi connectivity index (χ1v) is 5.83. The van der Waals surface area contributed by atoms with Gasteiger partial charge >= 0.3 is 0 Å². The minimum Gasteiger partial charge on any atom is -0.352 e. The largest absolute Gasteiger partial charge is 0.352 e. The molecule has 5 nitrogen and oxygen atoms in total. The Morgan fingerprint density at radius 3 is 2.82 bits per heavy atom. The average Bonchev–Trinajstić information content (AvgIpc) is 2.29. The fourth-order valence-corrected chi connectivity index (χ4v) is 1.53. The number of aryl methyl sites for hydroxylation is 2. The Morgan fingerprint density at radius 1 is 1.47 bits per heavy atom. The summed E-state index contributed by atoms with van der Waals surface area (Å²) in [5, 5.41) is 10.7. The Kier molecular flexibility index (Phi) is 5.03. The molecule has 0 saturated carbocycles. The summed E-state index contributed by atoms with van der Waals surface area (Å²) in [5.74, 6) is 0.296. The van der Waals surface area contributed by atoms with E-state index in [1.807, 2.05) is 6.92 Å². The van der Waals surface area contributed by atoms with Crippen molar-refractivity contribution in [1.82, 2.24) is 15.5 Å². The van der Waals surface area contributed by atoms with Crippen LogP contribution in [0.5, 0.6) is 0 Å². The van der Waals surface area contributed by atoms with E-state index in [-0.39, 0.29) is 5.91 Å². The lowest BCUT2D eigenvalue weighted by atomic mass is 10.1. The van der Waals surface area contributed by atoms with Gasteiger partial charge in [-0.05, 0) is 38.8 Å². The molecule has 17 heavy (non-hydrogen) atoms. The molecule has 3 N–H and O–H groups in total. The van der Waals surface area contributed by atoms with E-state index in [1.165, 1.54) is 0 Å². The van der Waals surface area contributed by atoms with E-state index in [0.717, 1.165) is 12.1 Å². The van der Waals surface area contributed by atoms with Crippen molar-refractivity contribution in [1.29, 1.82) is 0 Å². The highest BCUT2D eigenvalue weighted by molar-refractivity contribution is 5.95. The molecule has 94 valence electrons. The van der Waals surface area contributed by atoms with Crippen molar-refractivity contribution in [2.75, 3.05) is 13.1 Å². The topological polar surface area (TPSA) is 80.9 Å². The summed E-state index contributed by atoms with van der Waals surface area (Å²) in [6.07, 6.45) is 0.910. The van der Waals surface area contributed by atoms with Crippen LogP contribution >= 0.6 is 0 Å². The first-order chi connectivity index (χ1) is 8.04. The van der Waals surface area contributed by atoms with Crippen molar-refractivity contribution in [3.8, 4) is 0 Å². The zero-order valence-corrected chi connectivity index (χ0v) is 10.7. The lowest BCUT2D eigenvalue weighted by Gasteiger charge is -2.12. The highest BCUT2D eigenvalue weighted by atomic mass is 16.1. The summed E-state index contributed by atoms with van der Waals surface area (Å²) in [5.41, 5.74) is 7.45. The highest BCUT2D eigenvalue weighted by Gasteiger charge is 2.11. The number of nitrogens with two attached hydrogens (primary N) is 1. The molecule has 5 heteroatoms. The molecule has 0 aliphatic heterocycles. The number of nitrogens with one attached hydrogen (secondary N) is 1. The highest BCUT2D eigenvalue weighted by Crippen LogP contribution is 2.05. The Morgan fingerprint density at radius 2 is 2.18 bits per heavy atom. The summed E-state index contributed by atoms with van der Waals surface area (Å²) in [6.45, 7) is 6.95.